The van der Waals surface area contributed by atoms with Crippen molar-refractivity contribution in [2.45, 2.75) is 71.3 Å². The first-order valence-electron chi connectivity index (χ1n) is 7.94. The molecule has 1 atom stereocenters. The van der Waals surface area contributed by atoms with Crippen molar-refractivity contribution in [3.8, 4) is 0 Å². The highest BCUT2D eigenvalue weighted by Gasteiger charge is 2.24. The van der Waals surface area contributed by atoms with Gasteiger partial charge in [0.2, 0.25) is 5.91 Å². The van der Waals surface area contributed by atoms with Crippen LogP contribution in [0.5, 0.6) is 0 Å². The van der Waals surface area contributed by atoms with Crippen LogP contribution in [-0.2, 0) is 14.3 Å². The lowest BCUT2D eigenvalue weighted by atomic mass is 9.86. The van der Waals surface area contributed by atoms with Gasteiger partial charge in [0.1, 0.15) is 0 Å². The summed E-state index contributed by atoms with van der Waals surface area (Å²) in [5, 5.41) is 0. The molecule has 0 aromatic rings. The molecule has 4 heteroatoms. The molecule has 0 saturated heterocycles. The van der Waals surface area contributed by atoms with Crippen LogP contribution in [0.3, 0.4) is 0 Å². The minimum Gasteiger partial charge on any atom is -0.469 e. The fourth-order valence-corrected chi connectivity index (χ4v) is 2.88. The molecule has 1 saturated carbocycles. The fraction of sp³-hybridized carbons (Fsp3) is 0.875. The van der Waals surface area contributed by atoms with Gasteiger partial charge in [-0.15, -0.1) is 0 Å². The molecule has 20 heavy (non-hydrogen) atoms. The summed E-state index contributed by atoms with van der Waals surface area (Å²) in [4.78, 5) is 25.6. The maximum absolute atomic E-state index is 12.5. The van der Waals surface area contributed by atoms with Crippen molar-refractivity contribution in [2.75, 3.05) is 13.7 Å². The third-order valence-corrected chi connectivity index (χ3v) is 4.42. The van der Waals surface area contributed by atoms with Crippen molar-refractivity contribution >= 4 is 11.9 Å². The summed E-state index contributed by atoms with van der Waals surface area (Å²) < 4.78 is 4.67. The molecule has 1 unspecified atom stereocenters. The Kier molecular flexibility index (Phi) is 7.63. The van der Waals surface area contributed by atoms with Gasteiger partial charge in [-0.3, -0.25) is 9.59 Å². The molecule has 4 nitrogen and oxygen atoms in total. The molecule has 0 bridgehead atoms. The Morgan fingerprint density at radius 3 is 2.45 bits per heavy atom. The normalized spacial score (nSPS) is 17.6. The van der Waals surface area contributed by atoms with Gasteiger partial charge in [-0.05, 0) is 32.1 Å². The zero-order chi connectivity index (χ0) is 15.0. The molecule has 0 heterocycles. The number of carbonyl (C=O) groups is 2. The van der Waals surface area contributed by atoms with Crippen LogP contribution in [0.2, 0.25) is 0 Å². The molecular formula is C16H29NO3. The number of hydrogen-bond acceptors (Lipinski definition) is 3. The maximum atomic E-state index is 12.5. The fourth-order valence-electron chi connectivity index (χ4n) is 2.88. The average molecular weight is 283 g/mol. The molecule has 0 radical (unpaired) electrons. The number of methoxy groups -OCH3 is 1. The molecule has 0 spiro atoms. The quantitative estimate of drug-likeness (QED) is 0.674. The third-order valence-electron chi connectivity index (χ3n) is 4.42. The highest BCUT2D eigenvalue weighted by molar-refractivity contribution is 5.77. The van der Waals surface area contributed by atoms with Crippen molar-refractivity contribution in [1.82, 2.24) is 4.90 Å². The van der Waals surface area contributed by atoms with Gasteiger partial charge >= 0.3 is 5.97 Å². The van der Waals surface area contributed by atoms with Gasteiger partial charge in [0.15, 0.2) is 0 Å². The number of carbonyl (C=O) groups excluding carboxylic acids is 2. The van der Waals surface area contributed by atoms with Gasteiger partial charge in [0, 0.05) is 19.0 Å². The Morgan fingerprint density at radius 1 is 1.25 bits per heavy atom. The molecule has 1 rings (SSSR count). The lowest BCUT2D eigenvalue weighted by Gasteiger charge is -2.31. The summed E-state index contributed by atoms with van der Waals surface area (Å²) in [6, 6.07) is 0.191. The van der Waals surface area contributed by atoms with E-state index in [1.165, 1.54) is 39.2 Å². The van der Waals surface area contributed by atoms with E-state index in [-0.39, 0.29) is 24.3 Å². The number of nitrogens with zero attached hydrogens (tertiary/aromatic N) is 1. The van der Waals surface area contributed by atoms with Crippen LogP contribution in [0.15, 0.2) is 0 Å². The molecule has 1 fully saturated rings. The zero-order valence-corrected chi connectivity index (χ0v) is 13.2. The topological polar surface area (TPSA) is 46.6 Å². The molecular weight excluding hydrogens is 254 g/mol. The van der Waals surface area contributed by atoms with Crippen LogP contribution in [0.4, 0.5) is 0 Å². The Balaban J connectivity index is 2.52. The first-order chi connectivity index (χ1) is 9.58. The smallest absolute Gasteiger partial charge is 0.307 e. The molecule has 0 aromatic carbocycles. The SMILES string of the molecule is CCC(C)N(CCC(=O)OC)C(=O)CC1CCCCC1. The van der Waals surface area contributed by atoms with Crippen LogP contribution in [0.1, 0.15) is 65.2 Å². The highest BCUT2D eigenvalue weighted by atomic mass is 16.5. The predicted octanol–water partition coefficient (Wildman–Crippen LogP) is 3.15. The molecule has 0 aliphatic heterocycles. The van der Waals surface area contributed by atoms with Crippen molar-refractivity contribution in [2.24, 2.45) is 5.92 Å². The number of ether oxygens (including phenoxy) is 1. The minimum absolute atomic E-state index is 0.191. The molecule has 1 aliphatic rings. The van der Waals surface area contributed by atoms with E-state index < -0.39 is 0 Å². The summed E-state index contributed by atoms with van der Waals surface area (Å²) in [5.74, 6) is 0.500. The monoisotopic (exact) mass is 283 g/mol. The van der Waals surface area contributed by atoms with Gasteiger partial charge < -0.3 is 9.64 Å². The van der Waals surface area contributed by atoms with Crippen molar-refractivity contribution in [3.63, 3.8) is 0 Å². The summed E-state index contributed by atoms with van der Waals surface area (Å²) in [6.45, 7) is 4.60. The van der Waals surface area contributed by atoms with Gasteiger partial charge in [0.25, 0.3) is 0 Å². The second kappa shape index (κ2) is 8.98. The lowest BCUT2D eigenvalue weighted by molar-refractivity contribution is -0.142. The van der Waals surface area contributed by atoms with E-state index in [1.54, 1.807) is 0 Å². The predicted molar refractivity (Wildman–Crippen MR) is 79.3 cm³/mol. The van der Waals surface area contributed by atoms with Crippen molar-refractivity contribution < 1.29 is 14.3 Å². The largest absolute Gasteiger partial charge is 0.469 e. The van der Waals surface area contributed by atoms with Gasteiger partial charge in [-0.1, -0.05) is 26.2 Å². The Labute approximate surface area is 122 Å². The Hall–Kier alpha value is -1.06. The van der Waals surface area contributed by atoms with Crippen LogP contribution < -0.4 is 0 Å². The van der Waals surface area contributed by atoms with E-state index in [0.29, 0.717) is 18.9 Å². The third kappa shape index (κ3) is 5.51. The first-order valence-corrected chi connectivity index (χ1v) is 7.94. The molecule has 0 aromatic heterocycles. The number of amides is 1. The van der Waals surface area contributed by atoms with E-state index in [1.807, 2.05) is 4.90 Å². The lowest BCUT2D eigenvalue weighted by Crippen LogP contribution is -2.40. The number of rotatable bonds is 7. The standard InChI is InChI=1S/C16H29NO3/c1-4-13(2)17(11-10-16(19)20-3)15(18)12-14-8-6-5-7-9-14/h13-14H,4-12H2,1-3H3. The minimum atomic E-state index is -0.247. The molecule has 116 valence electrons. The van der Waals surface area contributed by atoms with E-state index in [9.17, 15) is 9.59 Å². The van der Waals surface area contributed by atoms with Crippen LogP contribution in [-0.4, -0.2) is 36.5 Å². The first kappa shape index (κ1) is 17.0. The number of hydrogen-bond donors (Lipinski definition) is 0. The molecule has 1 aliphatic carbocycles. The van der Waals surface area contributed by atoms with E-state index >= 15 is 0 Å². The van der Waals surface area contributed by atoms with Crippen molar-refractivity contribution in [3.05, 3.63) is 0 Å². The van der Waals surface area contributed by atoms with E-state index in [4.69, 9.17) is 0 Å². The summed E-state index contributed by atoms with van der Waals surface area (Å²) >= 11 is 0. The second-order valence-corrected chi connectivity index (χ2v) is 5.88. The number of esters is 1. The summed E-state index contributed by atoms with van der Waals surface area (Å²) in [7, 11) is 1.39. The summed E-state index contributed by atoms with van der Waals surface area (Å²) in [6.07, 6.45) is 8.02. The van der Waals surface area contributed by atoms with E-state index in [2.05, 4.69) is 18.6 Å². The zero-order valence-electron chi connectivity index (χ0n) is 13.2. The van der Waals surface area contributed by atoms with E-state index in [0.717, 1.165) is 6.42 Å². The van der Waals surface area contributed by atoms with Crippen LogP contribution in [0.25, 0.3) is 0 Å². The van der Waals surface area contributed by atoms with Gasteiger partial charge in [0.05, 0.1) is 13.5 Å². The Morgan fingerprint density at radius 2 is 1.90 bits per heavy atom. The van der Waals surface area contributed by atoms with Gasteiger partial charge in [-0.2, -0.15) is 0 Å². The van der Waals surface area contributed by atoms with Crippen molar-refractivity contribution in [1.29, 1.82) is 0 Å². The highest BCUT2D eigenvalue weighted by Crippen LogP contribution is 2.27. The average Bonchev–Trinajstić information content (AvgIpc) is 2.47. The summed E-state index contributed by atoms with van der Waals surface area (Å²) in [5.41, 5.74) is 0. The second-order valence-electron chi connectivity index (χ2n) is 5.88. The maximum Gasteiger partial charge on any atom is 0.307 e. The van der Waals surface area contributed by atoms with Crippen LogP contribution in [0, 0.1) is 5.92 Å². The van der Waals surface area contributed by atoms with Gasteiger partial charge in [-0.25, -0.2) is 0 Å². The molecule has 0 N–H and O–H groups in total. The Bertz CT molecular complexity index is 311. The molecule has 1 amide bonds. The van der Waals surface area contributed by atoms with Crippen LogP contribution >= 0.6 is 0 Å².